The number of aliphatic hydroxyl groups is 1. The van der Waals surface area contributed by atoms with Crippen LogP contribution in [0.15, 0.2) is 30.9 Å². The molecule has 3 aromatic heterocycles. The Morgan fingerprint density at radius 3 is 2.79 bits per heavy atom. The van der Waals surface area contributed by atoms with Crippen molar-refractivity contribution in [2.24, 2.45) is 0 Å². The Bertz CT molecular complexity index is 1090. The number of rotatable bonds is 3. The fourth-order valence-electron chi connectivity index (χ4n) is 4.58. The van der Waals surface area contributed by atoms with Crippen LogP contribution in [0.25, 0.3) is 5.65 Å². The number of nitrogens with one attached hydrogen (secondary N) is 1. The second-order valence-electron chi connectivity index (χ2n) is 7.57. The van der Waals surface area contributed by atoms with Crippen LogP contribution in [0.2, 0.25) is 5.02 Å². The van der Waals surface area contributed by atoms with E-state index in [9.17, 15) is 9.90 Å². The van der Waals surface area contributed by atoms with Gasteiger partial charge in [0.1, 0.15) is 5.56 Å². The molecule has 10 heteroatoms. The number of nitrogens with zero attached hydrogens (tertiary/aromatic N) is 5. The number of nitrogen functional groups attached to an aromatic ring is 1. The molecular formula is C19H20ClN7O2. The first-order valence-electron chi connectivity index (χ1n) is 9.52. The van der Waals surface area contributed by atoms with Crippen molar-refractivity contribution in [3.63, 3.8) is 0 Å². The normalized spacial score (nSPS) is 23.5. The fourth-order valence-corrected chi connectivity index (χ4v) is 4.72. The number of aromatic nitrogens is 4. The quantitative estimate of drug-likeness (QED) is 0.601. The maximum absolute atomic E-state index is 13.1. The van der Waals surface area contributed by atoms with E-state index < -0.39 is 5.91 Å². The minimum atomic E-state index is -0.411. The van der Waals surface area contributed by atoms with E-state index >= 15 is 0 Å². The highest BCUT2D eigenvalue weighted by Crippen LogP contribution is 2.42. The van der Waals surface area contributed by atoms with Crippen molar-refractivity contribution in [3.05, 3.63) is 41.4 Å². The van der Waals surface area contributed by atoms with Crippen LogP contribution in [0.4, 0.5) is 17.2 Å². The number of fused-ring (bicyclic) bond motifs is 3. The summed E-state index contributed by atoms with van der Waals surface area (Å²) in [6, 6.07) is 2.41. The zero-order chi connectivity index (χ0) is 20.1. The van der Waals surface area contributed by atoms with Crippen LogP contribution in [-0.4, -0.2) is 48.8 Å². The fraction of sp³-hybridized carbons (Fsp3) is 0.368. The van der Waals surface area contributed by atoms with Crippen LogP contribution in [0.5, 0.6) is 0 Å². The molecule has 5 rings (SSSR count). The van der Waals surface area contributed by atoms with Crippen LogP contribution in [-0.2, 0) is 0 Å². The van der Waals surface area contributed by atoms with Crippen LogP contribution in [0, 0.1) is 0 Å². The number of hydrogen-bond donors (Lipinski definition) is 3. The maximum Gasteiger partial charge on any atom is 0.263 e. The third kappa shape index (κ3) is 3.06. The summed E-state index contributed by atoms with van der Waals surface area (Å²) >= 11 is 5.94. The molecule has 2 fully saturated rings. The van der Waals surface area contributed by atoms with Gasteiger partial charge >= 0.3 is 0 Å². The number of hydrogen-bond acceptors (Lipinski definition) is 7. The number of amides is 1. The number of pyridine rings is 1. The summed E-state index contributed by atoms with van der Waals surface area (Å²) in [5.41, 5.74) is 7.99. The third-order valence-electron chi connectivity index (χ3n) is 5.73. The van der Waals surface area contributed by atoms with E-state index in [4.69, 9.17) is 17.3 Å². The van der Waals surface area contributed by atoms with Crippen LogP contribution < -0.4 is 16.0 Å². The summed E-state index contributed by atoms with van der Waals surface area (Å²) in [6.45, 7) is 0. The Morgan fingerprint density at radius 2 is 2.03 bits per heavy atom. The van der Waals surface area contributed by atoms with Gasteiger partial charge in [-0.15, -0.1) is 5.10 Å². The molecule has 5 heterocycles. The molecule has 1 amide bonds. The highest BCUT2D eigenvalue weighted by molar-refractivity contribution is 6.30. The van der Waals surface area contributed by atoms with E-state index in [0.717, 1.165) is 31.4 Å². The largest absolute Gasteiger partial charge is 0.393 e. The van der Waals surface area contributed by atoms with E-state index in [1.807, 2.05) is 6.07 Å². The van der Waals surface area contributed by atoms with Crippen molar-refractivity contribution in [2.75, 3.05) is 16.0 Å². The number of carbonyl (C=O) groups is 1. The first kappa shape index (κ1) is 18.1. The van der Waals surface area contributed by atoms with E-state index in [-0.39, 0.29) is 29.6 Å². The summed E-state index contributed by atoms with van der Waals surface area (Å²) in [5, 5.41) is 17.5. The van der Waals surface area contributed by atoms with Gasteiger partial charge < -0.3 is 21.1 Å². The Morgan fingerprint density at radius 1 is 1.28 bits per heavy atom. The Kier molecular flexibility index (Phi) is 4.29. The number of carbonyl (C=O) groups excluding carboxylic acids is 1. The van der Waals surface area contributed by atoms with Gasteiger partial charge in [0, 0.05) is 24.5 Å². The number of piperidine rings is 1. The summed E-state index contributed by atoms with van der Waals surface area (Å²) in [4.78, 5) is 23.7. The molecule has 0 saturated carbocycles. The summed E-state index contributed by atoms with van der Waals surface area (Å²) in [6.07, 6.45) is 9.60. The lowest BCUT2D eigenvalue weighted by molar-refractivity contribution is 0.102. The molecule has 150 valence electrons. The molecule has 9 nitrogen and oxygen atoms in total. The summed E-state index contributed by atoms with van der Waals surface area (Å²) < 4.78 is 1.39. The van der Waals surface area contributed by atoms with Crippen molar-refractivity contribution in [1.29, 1.82) is 0 Å². The predicted molar refractivity (Wildman–Crippen MR) is 109 cm³/mol. The number of nitrogens with two attached hydrogens (primary N) is 1. The second kappa shape index (κ2) is 6.85. The molecule has 0 spiro atoms. The Labute approximate surface area is 171 Å². The summed E-state index contributed by atoms with van der Waals surface area (Å²) in [5.74, 6) is -0.338. The number of aliphatic hydroxyl groups excluding tert-OH is 1. The number of anilines is 3. The highest BCUT2D eigenvalue weighted by Gasteiger charge is 2.41. The lowest BCUT2D eigenvalue weighted by Gasteiger charge is -2.39. The molecule has 2 aliphatic heterocycles. The molecule has 4 N–H and O–H groups in total. The van der Waals surface area contributed by atoms with E-state index in [0.29, 0.717) is 16.4 Å². The average Bonchev–Trinajstić information content (AvgIpc) is 3.14. The number of halogens is 1. The molecule has 0 aliphatic carbocycles. The predicted octanol–water partition coefficient (Wildman–Crippen LogP) is 2.10. The van der Waals surface area contributed by atoms with E-state index in [1.54, 1.807) is 18.6 Å². The minimum Gasteiger partial charge on any atom is -0.393 e. The molecular weight excluding hydrogens is 394 g/mol. The first-order valence-corrected chi connectivity index (χ1v) is 9.90. The average molecular weight is 414 g/mol. The van der Waals surface area contributed by atoms with Crippen LogP contribution in [0.3, 0.4) is 0 Å². The van der Waals surface area contributed by atoms with E-state index in [2.05, 4.69) is 25.3 Å². The van der Waals surface area contributed by atoms with Gasteiger partial charge in [-0.1, -0.05) is 11.6 Å². The van der Waals surface area contributed by atoms with Gasteiger partial charge in [0.2, 0.25) is 0 Å². The molecule has 2 atom stereocenters. The van der Waals surface area contributed by atoms with Gasteiger partial charge in [-0.3, -0.25) is 9.78 Å². The molecule has 3 aromatic rings. The zero-order valence-electron chi connectivity index (χ0n) is 15.5. The third-order valence-corrected chi connectivity index (χ3v) is 5.92. The standard InChI is InChI=1S/C19H20ClN7O2/c20-10-7-23-18-16(17(21)25-26(18)9-10)19(29)24-14-8-22-4-3-15(14)27-11-1-2-12(27)6-13(28)5-11/h3-4,7-9,11-13,28H,1-2,5-6H2,(H2,21,25)(H,24,29). The molecule has 2 aliphatic rings. The van der Waals surface area contributed by atoms with Gasteiger partial charge in [-0.2, -0.15) is 0 Å². The smallest absolute Gasteiger partial charge is 0.263 e. The second-order valence-corrected chi connectivity index (χ2v) is 8.00. The molecule has 0 radical (unpaired) electrons. The SMILES string of the molecule is Nc1nn2cc(Cl)cnc2c1C(=O)Nc1cnccc1N1C2CCC1CC(O)C2. The van der Waals surface area contributed by atoms with Crippen molar-refractivity contribution in [1.82, 2.24) is 19.6 Å². The zero-order valence-corrected chi connectivity index (χ0v) is 16.3. The first-order chi connectivity index (χ1) is 14.0. The highest BCUT2D eigenvalue weighted by atomic mass is 35.5. The van der Waals surface area contributed by atoms with E-state index in [1.165, 1.54) is 10.7 Å². The Hall–Kier alpha value is -2.91. The minimum absolute atomic E-state index is 0.0730. The van der Waals surface area contributed by atoms with Crippen LogP contribution in [0.1, 0.15) is 36.0 Å². The Balaban J connectivity index is 1.48. The van der Waals surface area contributed by atoms with Gasteiger partial charge in [-0.05, 0) is 31.7 Å². The topological polar surface area (TPSA) is 122 Å². The van der Waals surface area contributed by atoms with Crippen molar-refractivity contribution >= 4 is 40.3 Å². The van der Waals surface area contributed by atoms with Crippen molar-refractivity contribution in [2.45, 2.75) is 43.9 Å². The monoisotopic (exact) mass is 413 g/mol. The van der Waals surface area contributed by atoms with Gasteiger partial charge in [0.15, 0.2) is 11.5 Å². The van der Waals surface area contributed by atoms with Crippen molar-refractivity contribution in [3.8, 4) is 0 Å². The lowest BCUT2D eigenvalue weighted by Crippen LogP contribution is -2.45. The molecule has 2 bridgehead atoms. The molecule has 2 saturated heterocycles. The maximum atomic E-state index is 13.1. The molecule has 29 heavy (non-hydrogen) atoms. The lowest BCUT2D eigenvalue weighted by atomic mass is 9.99. The van der Waals surface area contributed by atoms with Crippen LogP contribution >= 0.6 is 11.6 Å². The molecule has 2 unspecified atom stereocenters. The summed E-state index contributed by atoms with van der Waals surface area (Å²) in [7, 11) is 0. The van der Waals surface area contributed by atoms with Gasteiger partial charge in [0.05, 0.1) is 34.9 Å². The van der Waals surface area contributed by atoms with Crippen molar-refractivity contribution < 1.29 is 9.90 Å². The van der Waals surface area contributed by atoms with Gasteiger partial charge in [-0.25, -0.2) is 9.50 Å². The molecule has 0 aromatic carbocycles. The van der Waals surface area contributed by atoms with Gasteiger partial charge in [0.25, 0.3) is 5.91 Å².